The first kappa shape index (κ1) is 11.3. The van der Waals surface area contributed by atoms with Crippen LogP contribution in [0.1, 0.15) is 16.6 Å². The van der Waals surface area contributed by atoms with E-state index < -0.39 is 6.04 Å². The zero-order chi connectivity index (χ0) is 12.5. The summed E-state index contributed by atoms with van der Waals surface area (Å²) >= 11 is 1.51. The Balaban J connectivity index is 2.07. The van der Waals surface area contributed by atoms with Gasteiger partial charge >= 0.3 is 0 Å². The zero-order valence-corrected chi connectivity index (χ0v) is 10.3. The molecule has 0 saturated carbocycles. The van der Waals surface area contributed by atoms with Gasteiger partial charge in [0.25, 0.3) is 0 Å². The van der Waals surface area contributed by atoms with Gasteiger partial charge < -0.3 is 5.73 Å². The highest BCUT2D eigenvalue weighted by molar-refractivity contribution is 7.18. The fraction of sp³-hybridized carbons (Fsp3) is 0.0714. The summed E-state index contributed by atoms with van der Waals surface area (Å²) in [6.07, 6.45) is 0. The van der Waals surface area contributed by atoms with Crippen molar-refractivity contribution in [1.82, 2.24) is 4.98 Å². The first-order chi connectivity index (χ1) is 8.75. The fourth-order valence-electron chi connectivity index (χ4n) is 1.88. The topological polar surface area (TPSA) is 38.9 Å². The van der Waals surface area contributed by atoms with Crippen molar-refractivity contribution in [2.45, 2.75) is 6.04 Å². The van der Waals surface area contributed by atoms with E-state index in [-0.39, 0.29) is 5.82 Å². The predicted molar refractivity (Wildman–Crippen MR) is 72.1 cm³/mol. The monoisotopic (exact) mass is 258 g/mol. The Hall–Kier alpha value is -1.78. The van der Waals surface area contributed by atoms with Gasteiger partial charge in [-0.15, -0.1) is 11.3 Å². The van der Waals surface area contributed by atoms with E-state index in [1.54, 1.807) is 18.2 Å². The first-order valence-electron chi connectivity index (χ1n) is 5.61. The first-order valence-corrected chi connectivity index (χ1v) is 6.43. The second kappa shape index (κ2) is 4.48. The zero-order valence-electron chi connectivity index (χ0n) is 9.51. The Morgan fingerprint density at radius 3 is 2.56 bits per heavy atom. The highest BCUT2D eigenvalue weighted by Gasteiger charge is 2.16. The molecule has 18 heavy (non-hydrogen) atoms. The third kappa shape index (κ3) is 1.89. The van der Waals surface area contributed by atoms with E-state index in [1.165, 1.54) is 17.4 Å². The number of halogens is 1. The van der Waals surface area contributed by atoms with Crippen LogP contribution in [-0.2, 0) is 0 Å². The molecule has 0 aliphatic heterocycles. The number of aromatic nitrogens is 1. The van der Waals surface area contributed by atoms with Crippen LogP contribution in [0.15, 0.2) is 48.5 Å². The standard InChI is InChI=1S/C14H11FN2S/c15-10-6-2-1-5-9(10)13(16)14-17-11-7-3-4-8-12(11)18-14/h1-8,13H,16H2. The van der Waals surface area contributed by atoms with Gasteiger partial charge in [0, 0.05) is 5.56 Å². The maximum Gasteiger partial charge on any atom is 0.128 e. The van der Waals surface area contributed by atoms with Gasteiger partial charge in [-0.1, -0.05) is 30.3 Å². The number of rotatable bonds is 2. The summed E-state index contributed by atoms with van der Waals surface area (Å²) < 4.78 is 14.7. The number of thiazole rings is 1. The summed E-state index contributed by atoms with van der Waals surface area (Å²) in [7, 11) is 0. The summed E-state index contributed by atoms with van der Waals surface area (Å²) in [6.45, 7) is 0. The van der Waals surface area contributed by atoms with Crippen LogP contribution in [0.2, 0.25) is 0 Å². The summed E-state index contributed by atoms with van der Waals surface area (Å²) in [5, 5.41) is 0.737. The number of hydrogen-bond acceptors (Lipinski definition) is 3. The summed E-state index contributed by atoms with van der Waals surface area (Å²) in [6, 6.07) is 13.9. The van der Waals surface area contributed by atoms with Crippen LogP contribution in [0.4, 0.5) is 4.39 Å². The Morgan fingerprint density at radius 2 is 1.78 bits per heavy atom. The quantitative estimate of drug-likeness (QED) is 0.764. The van der Waals surface area contributed by atoms with Gasteiger partial charge in [-0.25, -0.2) is 9.37 Å². The number of fused-ring (bicyclic) bond motifs is 1. The van der Waals surface area contributed by atoms with Crippen molar-refractivity contribution < 1.29 is 4.39 Å². The van der Waals surface area contributed by atoms with Gasteiger partial charge in [0.2, 0.25) is 0 Å². The van der Waals surface area contributed by atoms with Crippen molar-refractivity contribution in [2.75, 3.05) is 0 Å². The SMILES string of the molecule is NC(c1nc2ccccc2s1)c1ccccc1F. The molecule has 1 unspecified atom stereocenters. The molecular weight excluding hydrogens is 247 g/mol. The maximum atomic E-state index is 13.7. The lowest BCUT2D eigenvalue weighted by Gasteiger charge is -2.09. The fourth-order valence-corrected chi connectivity index (χ4v) is 2.87. The highest BCUT2D eigenvalue weighted by Crippen LogP contribution is 2.29. The van der Waals surface area contributed by atoms with E-state index in [2.05, 4.69) is 4.98 Å². The van der Waals surface area contributed by atoms with Crippen molar-refractivity contribution in [3.63, 3.8) is 0 Å². The largest absolute Gasteiger partial charge is 0.318 e. The second-order valence-corrected chi connectivity index (χ2v) is 5.08. The van der Waals surface area contributed by atoms with Gasteiger partial charge in [0.1, 0.15) is 10.8 Å². The van der Waals surface area contributed by atoms with Gasteiger partial charge in [-0.3, -0.25) is 0 Å². The molecule has 1 atom stereocenters. The van der Waals surface area contributed by atoms with Gasteiger partial charge in [-0.2, -0.15) is 0 Å². The Morgan fingerprint density at radius 1 is 1.06 bits per heavy atom. The van der Waals surface area contributed by atoms with Gasteiger partial charge in [-0.05, 0) is 18.2 Å². The molecule has 0 fully saturated rings. The molecule has 2 N–H and O–H groups in total. The Bertz CT molecular complexity index is 660. The van der Waals surface area contributed by atoms with Crippen LogP contribution in [-0.4, -0.2) is 4.98 Å². The molecule has 90 valence electrons. The average Bonchev–Trinajstić information content (AvgIpc) is 2.82. The molecular formula is C14H11FN2S. The van der Waals surface area contributed by atoms with Crippen molar-refractivity contribution in [3.05, 3.63) is 64.9 Å². The molecule has 1 heterocycles. The lowest BCUT2D eigenvalue weighted by atomic mass is 10.1. The van der Waals surface area contributed by atoms with Crippen LogP contribution >= 0.6 is 11.3 Å². The molecule has 0 radical (unpaired) electrons. The molecule has 0 aliphatic carbocycles. The molecule has 0 bridgehead atoms. The molecule has 4 heteroatoms. The van der Waals surface area contributed by atoms with E-state index in [0.717, 1.165) is 15.2 Å². The minimum absolute atomic E-state index is 0.288. The lowest BCUT2D eigenvalue weighted by Crippen LogP contribution is -2.13. The van der Waals surface area contributed by atoms with Crippen LogP contribution in [0.3, 0.4) is 0 Å². The van der Waals surface area contributed by atoms with E-state index in [9.17, 15) is 4.39 Å². The maximum absolute atomic E-state index is 13.7. The highest BCUT2D eigenvalue weighted by atomic mass is 32.1. The molecule has 3 aromatic rings. The number of nitrogens with two attached hydrogens (primary N) is 1. The van der Waals surface area contributed by atoms with E-state index >= 15 is 0 Å². The third-order valence-corrected chi connectivity index (χ3v) is 3.94. The van der Waals surface area contributed by atoms with Gasteiger partial charge in [0.05, 0.1) is 16.3 Å². The van der Waals surface area contributed by atoms with Crippen LogP contribution < -0.4 is 5.73 Å². The molecule has 2 nitrogen and oxygen atoms in total. The van der Waals surface area contributed by atoms with E-state index in [4.69, 9.17) is 5.73 Å². The van der Waals surface area contributed by atoms with Crippen molar-refractivity contribution in [1.29, 1.82) is 0 Å². The molecule has 1 aromatic heterocycles. The van der Waals surface area contributed by atoms with Crippen molar-refractivity contribution >= 4 is 21.6 Å². The number of benzene rings is 2. The van der Waals surface area contributed by atoms with Crippen molar-refractivity contribution in [3.8, 4) is 0 Å². The smallest absolute Gasteiger partial charge is 0.128 e. The van der Waals surface area contributed by atoms with Crippen LogP contribution in [0, 0.1) is 5.82 Å². The molecule has 0 spiro atoms. The van der Waals surface area contributed by atoms with E-state index in [1.807, 2.05) is 24.3 Å². The number of para-hydroxylation sites is 1. The Labute approximate surface area is 108 Å². The summed E-state index contributed by atoms with van der Waals surface area (Å²) in [4.78, 5) is 4.46. The molecule has 0 amide bonds. The van der Waals surface area contributed by atoms with Crippen LogP contribution in [0.5, 0.6) is 0 Å². The van der Waals surface area contributed by atoms with Crippen molar-refractivity contribution in [2.24, 2.45) is 5.73 Å². The number of hydrogen-bond donors (Lipinski definition) is 1. The molecule has 0 aliphatic rings. The predicted octanol–water partition coefficient (Wildman–Crippen LogP) is 3.48. The average molecular weight is 258 g/mol. The van der Waals surface area contributed by atoms with E-state index in [0.29, 0.717) is 5.56 Å². The normalized spacial score (nSPS) is 12.8. The second-order valence-electron chi connectivity index (χ2n) is 4.02. The third-order valence-electron chi connectivity index (χ3n) is 2.82. The summed E-state index contributed by atoms with van der Waals surface area (Å²) in [5.41, 5.74) is 7.48. The summed E-state index contributed by atoms with van der Waals surface area (Å²) in [5.74, 6) is -0.288. The minimum Gasteiger partial charge on any atom is -0.318 e. The van der Waals surface area contributed by atoms with Crippen LogP contribution in [0.25, 0.3) is 10.2 Å². The number of nitrogens with zero attached hydrogens (tertiary/aromatic N) is 1. The van der Waals surface area contributed by atoms with Gasteiger partial charge in [0.15, 0.2) is 0 Å². The molecule has 0 saturated heterocycles. The Kier molecular flexibility index (Phi) is 2.81. The molecule has 2 aromatic carbocycles. The minimum atomic E-state index is -0.511. The lowest BCUT2D eigenvalue weighted by molar-refractivity contribution is 0.599. The molecule has 3 rings (SSSR count).